The van der Waals surface area contributed by atoms with Gasteiger partial charge in [0.1, 0.15) is 0 Å². The molecule has 0 fully saturated rings. The van der Waals surface area contributed by atoms with Crippen LogP contribution in [0.3, 0.4) is 0 Å². The molecule has 0 heterocycles. The summed E-state index contributed by atoms with van der Waals surface area (Å²) in [6.45, 7) is 4.78. The first-order chi connectivity index (χ1) is 7.69. The second kappa shape index (κ2) is 10.1. The zero-order chi connectivity index (χ0) is 12.4. The summed E-state index contributed by atoms with van der Waals surface area (Å²) in [6, 6.07) is 0.0770. The van der Waals surface area contributed by atoms with Crippen molar-refractivity contribution in [3.63, 3.8) is 0 Å². The van der Waals surface area contributed by atoms with E-state index in [1.807, 2.05) is 0 Å². The van der Waals surface area contributed by atoms with Crippen molar-refractivity contribution in [2.24, 2.45) is 5.92 Å². The summed E-state index contributed by atoms with van der Waals surface area (Å²) in [6.07, 6.45) is 4.16. The lowest BCUT2D eigenvalue weighted by Crippen LogP contribution is -2.42. The molecule has 0 aliphatic carbocycles. The summed E-state index contributed by atoms with van der Waals surface area (Å²) in [5.74, 6) is 0.316. The van der Waals surface area contributed by atoms with Crippen LogP contribution in [-0.2, 0) is 9.53 Å². The quantitative estimate of drug-likeness (QED) is 0.664. The maximum atomic E-state index is 11.9. The molecule has 0 aliphatic heterocycles. The lowest BCUT2D eigenvalue weighted by molar-refractivity contribution is -0.126. The molecule has 0 radical (unpaired) electrons. The van der Waals surface area contributed by atoms with Crippen molar-refractivity contribution < 1.29 is 9.53 Å². The van der Waals surface area contributed by atoms with Gasteiger partial charge in [0.05, 0.1) is 12.6 Å². The first kappa shape index (κ1) is 15.9. The van der Waals surface area contributed by atoms with Gasteiger partial charge in [-0.3, -0.25) is 4.79 Å². The van der Waals surface area contributed by atoms with Crippen LogP contribution in [0.25, 0.3) is 0 Å². The van der Waals surface area contributed by atoms with Gasteiger partial charge in [0.15, 0.2) is 0 Å². The van der Waals surface area contributed by atoms with E-state index >= 15 is 0 Å². The molecule has 1 amide bonds. The van der Waals surface area contributed by atoms with E-state index in [4.69, 9.17) is 4.74 Å². The number of ether oxygens (including phenoxy) is 1. The van der Waals surface area contributed by atoms with E-state index in [-0.39, 0.29) is 17.9 Å². The molecule has 0 aromatic rings. The minimum absolute atomic E-state index is 0.0770. The number of unbranched alkanes of at least 4 members (excludes halogenated alkanes) is 1. The number of halogens is 1. The lowest BCUT2D eigenvalue weighted by Gasteiger charge is -2.20. The van der Waals surface area contributed by atoms with Crippen LogP contribution in [0.15, 0.2) is 0 Å². The minimum Gasteiger partial charge on any atom is -0.383 e. The average molecular weight is 294 g/mol. The number of alkyl halides is 1. The summed E-state index contributed by atoms with van der Waals surface area (Å²) < 4.78 is 5.05. The van der Waals surface area contributed by atoms with Crippen LogP contribution < -0.4 is 5.32 Å². The number of amides is 1. The van der Waals surface area contributed by atoms with Crippen molar-refractivity contribution in [1.29, 1.82) is 0 Å². The molecule has 4 heteroatoms. The molecule has 0 saturated heterocycles. The van der Waals surface area contributed by atoms with Crippen LogP contribution in [-0.4, -0.2) is 31.0 Å². The highest BCUT2D eigenvalue weighted by Gasteiger charge is 2.18. The molecule has 96 valence electrons. The highest BCUT2D eigenvalue weighted by atomic mass is 79.9. The van der Waals surface area contributed by atoms with Gasteiger partial charge in [-0.25, -0.2) is 0 Å². The third kappa shape index (κ3) is 6.48. The van der Waals surface area contributed by atoms with E-state index in [0.29, 0.717) is 6.61 Å². The summed E-state index contributed by atoms with van der Waals surface area (Å²) in [5.41, 5.74) is 0. The highest BCUT2D eigenvalue weighted by Crippen LogP contribution is 2.13. The zero-order valence-electron chi connectivity index (χ0n) is 10.6. The van der Waals surface area contributed by atoms with E-state index < -0.39 is 0 Å². The molecule has 0 bridgehead atoms. The second-order valence-corrected chi connectivity index (χ2v) is 4.71. The Bertz CT molecular complexity index is 188. The van der Waals surface area contributed by atoms with E-state index in [2.05, 4.69) is 35.1 Å². The third-order valence-electron chi connectivity index (χ3n) is 2.67. The van der Waals surface area contributed by atoms with Crippen molar-refractivity contribution in [2.75, 3.05) is 19.0 Å². The van der Waals surface area contributed by atoms with Crippen molar-refractivity contribution >= 4 is 21.8 Å². The molecular formula is C12H24BrNO2. The van der Waals surface area contributed by atoms with Gasteiger partial charge in [0.25, 0.3) is 0 Å². The van der Waals surface area contributed by atoms with Crippen molar-refractivity contribution in [3.8, 4) is 0 Å². The van der Waals surface area contributed by atoms with Gasteiger partial charge in [-0.05, 0) is 12.8 Å². The van der Waals surface area contributed by atoms with Gasteiger partial charge in [-0.2, -0.15) is 0 Å². The van der Waals surface area contributed by atoms with Crippen molar-refractivity contribution in [2.45, 2.75) is 45.6 Å². The Labute approximate surface area is 107 Å². The Balaban J connectivity index is 4.06. The SMILES string of the molecule is CCCCC(CC)C(=O)NC(CBr)COC. The molecule has 0 saturated carbocycles. The van der Waals surface area contributed by atoms with E-state index in [9.17, 15) is 4.79 Å². The Morgan fingerprint density at radius 2 is 2.12 bits per heavy atom. The van der Waals surface area contributed by atoms with Crippen molar-refractivity contribution in [1.82, 2.24) is 5.32 Å². The molecule has 0 aromatic heterocycles. The van der Waals surface area contributed by atoms with Gasteiger partial charge >= 0.3 is 0 Å². The molecule has 0 aliphatic rings. The fraction of sp³-hybridized carbons (Fsp3) is 0.917. The predicted octanol–water partition coefficient (Wildman–Crippen LogP) is 2.73. The molecular weight excluding hydrogens is 270 g/mol. The monoisotopic (exact) mass is 293 g/mol. The topological polar surface area (TPSA) is 38.3 Å². The second-order valence-electron chi connectivity index (χ2n) is 4.06. The highest BCUT2D eigenvalue weighted by molar-refractivity contribution is 9.09. The summed E-state index contributed by atoms with van der Waals surface area (Å²) in [7, 11) is 1.65. The third-order valence-corrected chi connectivity index (χ3v) is 3.45. The molecule has 2 atom stereocenters. The molecule has 0 aromatic carbocycles. The fourth-order valence-corrected chi connectivity index (χ4v) is 1.96. The standard InChI is InChI=1S/C12H24BrNO2/c1-4-6-7-10(5-2)12(15)14-11(8-13)9-16-3/h10-11H,4-9H2,1-3H3,(H,14,15). The maximum Gasteiger partial charge on any atom is 0.223 e. The van der Waals surface area contributed by atoms with Crippen LogP contribution >= 0.6 is 15.9 Å². The number of rotatable bonds is 9. The van der Waals surface area contributed by atoms with Crippen LogP contribution in [0.1, 0.15) is 39.5 Å². The predicted molar refractivity (Wildman–Crippen MR) is 70.9 cm³/mol. The minimum atomic E-state index is 0.0770. The number of carbonyl (C=O) groups is 1. The molecule has 16 heavy (non-hydrogen) atoms. The number of hydrogen-bond acceptors (Lipinski definition) is 2. The molecule has 3 nitrogen and oxygen atoms in total. The molecule has 0 rings (SSSR count). The largest absolute Gasteiger partial charge is 0.383 e. The molecule has 1 N–H and O–H groups in total. The van der Waals surface area contributed by atoms with Crippen molar-refractivity contribution in [3.05, 3.63) is 0 Å². The Morgan fingerprint density at radius 1 is 1.44 bits per heavy atom. The van der Waals surface area contributed by atoms with Crippen LogP contribution in [0.5, 0.6) is 0 Å². The van der Waals surface area contributed by atoms with Gasteiger partial charge in [0.2, 0.25) is 5.91 Å². The van der Waals surface area contributed by atoms with Gasteiger partial charge in [0, 0.05) is 18.4 Å². The Morgan fingerprint density at radius 3 is 2.56 bits per heavy atom. The van der Waals surface area contributed by atoms with Crippen LogP contribution in [0.2, 0.25) is 0 Å². The van der Waals surface area contributed by atoms with Crippen LogP contribution in [0.4, 0.5) is 0 Å². The summed E-state index contributed by atoms with van der Waals surface area (Å²) in [5, 5.41) is 3.75. The lowest BCUT2D eigenvalue weighted by atomic mass is 9.98. The number of carbonyl (C=O) groups excluding carboxylic acids is 1. The molecule has 0 spiro atoms. The van der Waals surface area contributed by atoms with E-state index in [1.165, 1.54) is 0 Å². The van der Waals surface area contributed by atoms with Gasteiger partial charge < -0.3 is 10.1 Å². The number of methoxy groups -OCH3 is 1. The smallest absolute Gasteiger partial charge is 0.223 e. The van der Waals surface area contributed by atoms with Gasteiger partial charge in [-0.15, -0.1) is 0 Å². The van der Waals surface area contributed by atoms with Gasteiger partial charge in [-0.1, -0.05) is 42.6 Å². The fourth-order valence-electron chi connectivity index (χ4n) is 1.62. The number of hydrogen-bond donors (Lipinski definition) is 1. The maximum absolute atomic E-state index is 11.9. The molecule has 2 unspecified atom stereocenters. The Kier molecular flexibility index (Phi) is 10.0. The normalized spacial score (nSPS) is 14.5. The Hall–Kier alpha value is -0.0900. The van der Waals surface area contributed by atoms with E-state index in [1.54, 1.807) is 7.11 Å². The summed E-state index contributed by atoms with van der Waals surface area (Å²) in [4.78, 5) is 11.9. The van der Waals surface area contributed by atoms with Crippen LogP contribution in [0, 0.1) is 5.92 Å². The average Bonchev–Trinajstić information content (AvgIpc) is 2.29. The summed E-state index contributed by atoms with van der Waals surface area (Å²) >= 11 is 3.37. The number of nitrogens with one attached hydrogen (secondary N) is 1. The first-order valence-corrected chi connectivity index (χ1v) is 7.16. The van der Waals surface area contributed by atoms with E-state index in [0.717, 1.165) is 31.0 Å². The first-order valence-electron chi connectivity index (χ1n) is 6.04. The zero-order valence-corrected chi connectivity index (χ0v) is 12.2.